The lowest BCUT2D eigenvalue weighted by molar-refractivity contribution is -0.147. The molecule has 1 aliphatic rings. The zero-order valence-corrected chi connectivity index (χ0v) is 12.3. The lowest BCUT2D eigenvalue weighted by atomic mass is 9.88. The number of carbonyl (C=O) groups is 1. The van der Waals surface area contributed by atoms with Crippen LogP contribution in [0.5, 0.6) is 0 Å². The average molecular weight is 257 g/mol. The normalized spacial score (nSPS) is 25.1. The van der Waals surface area contributed by atoms with Gasteiger partial charge >= 0.3 is 5.97 Å². The van der Waals surface area contributed by atoms with Crippen molar-refractivity contribution in [3.8, 4) is 0 Å². The molecular weight excluding hydrogens is 230 g/mol. The molecule has 0 aliphatic carbocycles. The predicted molar refractivity (Wildman–Crippen MR) is 71.7 cm³/mol. The second-order valence-corrected chi connectivity index (χ2v) is 6.72. The third-order valence-corrected chi connectivity index (χ3v) is 3.49. The number of carboxylic acids is 1. The van der Waals surface area contributed by atoms with Crippen LogP contribution in [0.15, 0.2) is 0 Å². The van der Waals surface area contributed by atoms with Crippen LogP contribution >= 0.6 is 0 Å². The molecule has 1 aliphatic heterocycles. The number of aliphatic carboxylic acids is 1. The maximum Gasteiger partial charge on any atom is 0.309 e. The van der Waals surface area contributed by atoms with E-state index in [1.165, 1.54) is 0 Å². The summed E-state index contributed by atoms with van der Waals surface area (Å²) in [5, 5.41) is 9.07. The number of rotatable bonds is 5. The van der Waals surface area contributed by atoms with Gasteiger partial charge in [-0.3, -0.25) is 9.69 Å². The third-order valence-electron chi connectivity index (χ3n) is 3.49. The number of hydrogen-bond acceptors (Lipinski definition) is 3. The Kier molecular flexibility index (Phi) is 4.78. The molecular formula is C14H27NO3. The lowest BCUT2D eigenvalue weighted by Gasteiger charge is -2.42. The van der Waals surface area contributed by atoms with Crippen molar-refractivity contribution in [2.24, 2.45) is 5.41 Å². The molecule has 1 fully saturated rings. The lowest BCUT2D eigenvalue weighted by Crippen LogP contribution is -2.52. The van der Waals surface area contributed by atoms with Crippen LogP contribution in [-0.2, 0) is 9.53 Å². The van der Waals surface area contributed by atoms with Gasteiger partial charge in [0.15, 0.2) is 0 Å². The minimum atomic E-state index is -0.710. The second-order valence-electron chi connectivity index (χ2n) is 6.72. The van der Waals surface area contributed by atoms with Crippen LogP contribution in [-0.4, -0.2) is 47.3 Å². The van der Waals surface area contributed by atoms with Gasteiger partial charge in [0, 0.05) is 13.1 Å². The zero-order valence-electron chi connectivity index (χ0n) is 12.3. The number of carboxylic acid groups (broad SMARTS) is 1. The third kappa shape index (κ3) is 4.58. The molecule has 0 amide bonds. The summed E-state index contributed by atoms with van der Waals surface area (Å²) >= 11 is 0. The summed E-state index contributed by atoms with van der Waals surface area (Å²) in [6, 6.07) is 0. The summed E-state index contributed by atoms with van der Waals surface area (Å²) < 4.78 is 5.85. The molecule has 1 unspecified atom stereocenters. The van der Waals surface area contributed by atoms with Crippen molar-refractivity contribution in [3.63, 3.8) is 0 Å². The molecule has 18 heavy (non-hydrogen) atoms. The van der Waals surface area contributed by atoms with Crippen LogP contribution < -0.4 is 0 Å². The Hall–Kier alpha value is -0.610. The molecule has 1 heterocycles. The van der Waals surface area contributed by atoms with Gasteiger partial charge in [0.1, 0.15) is 0 Å². The van der Waals surface area contributed by atoms with Crippen LogP contribution in [0.25, 0.3) is 0 Å². The second kappa shape index (κ2) is 5.57. The molecule has 1 saturated heterocycles. The maximum atomic E-state index is 11.0. The van der Waals surface area contributed by atoms with Gasteiger partial charge in [0.2, 0.25) is 0 Å². The van der Waals surface area contributed by atoms with Crippen LogP contribution in [0.1, 0.15) is 47.5 Å². The Labute approximate surface area is 110 Å². The van der Waals surface area contributed by atoms with Crippen molar-refractivity contribution in [1.82, 2.24) is 4.90 Å². The van der Waals surface area contributed by atoms with Crippen molar-refractivity contribution in [1.29, 1.82) is 0 Å². The minimum Gasteiger partial charge on any atom is -0.481 e. The van der Waals surface area contributed by atoms with Gasteiger partial charge in [0.25, 0.3) is 0 Å². The monoisotopic (exact) mass is 257 g/mol. The van der Waals surface area contributed by atoms with E-state index >= 15 is 0 Å². The molecule has 0 aromatic rings. The molecule has 0 bridgehead atoms. The summed E-state index contributed by atoms with van der Waals surface area (Å²) in [4.78, 5) is 13.4. The molecule has 0 spiro atoms. The van der Waals surface area contributed by atoms with E-state index < -0.39 is 11.4 Å². The fraction of sp³-hybridized carbons (Fsp3) is 0.929. The first-order valence-electron chi connectivity index (χ1n) is 6.76. The maximum absolute atomic E-state index is 11.0. The van der Waals surface area contributed by atoms with Crippen molar-refractivity contribution < 1.29 is 14.6 Å². The van der Waals surface area contributed by atoms with Gasteiger partial charge in [-0.25, -0.2) is 0 Å². The van der Waals surface area contributed by atoms with E-state index in [2.05, 4.69) is 25.7 Å². The van der Waals surface area contributed by atoms with Crippen LogP contribution in [0.3, 0.4) is 0 Å². The molecule has 4 heteroatoms. The highest BCUT2D eigenvalue weighted by atomic mass is 16.5. The summed E-state index contributed by atoms with van der Waals surface area (Å²) in [5.41, 5.74) is -0.715. The van der Waals surface area contributed by atoms with E-state index in [4.69, 9.17) is 9.84 Å². The largest absolute Gasteiger partial charge is 0.481 e. The van der Waals surface area contributed by atoms with E-state index in [0.717, 1.165) is 26.1 Å². The van der Waals surface area contributed by atoms with Gasteiger partial charge < -0.3 is 9.84 Å². The van der Waals surface area contributed by atoms with Gasteiger partial charge in [-0.2, -0.15) is 0 Å². The fourth-order valence-electron chi connectivity index (χ4n) is 2.61. The molecule has 106 valence electrons. The molecule has 1 rings (SSSR count). The van der Waals surface area contributed by atoms with Crippen molar-refractivity contribution in [2.75, 3.05) is 19.6 Å². The highest BCUT2D eigenvalue weighted by Crippen LogP contribution is 2.24. The smallest absolute Gasteiger partial charge is 0.309 e. The first-order valence-corrected chi connectivity index (χ1v) is 6.76. The first kappa shape index (κ1) is 15.4. The molecule has 1 N–H and O–H groups in total. The van der Waals surface area contributed by atoms with Crippen LogP contribution in [0.4, 0.5) is 0 Å². The van der Waals surface area contributed by atoms with Crippen molar-refractivity contribution in [3.05, 3.63) is 0 Å². The minimum absolute atomic E-state index is 0.0972. The summed E-state index contributed by atoms with van der Waals surface area (Å²) in [6.07, 6.45) is 1.89. The van der Waals surface area contributed by atoms with Gasteiger partial charge in [-0.15, -0.1) is 0 Å². The molecule has 0 saturated carbocycles. The number of morpholine rings is 1. The molecule has 1 atom stereocenters. The standard InChI is InChI=1S/C14H27NO3/c1-11-9-15(10-14(4,5)18-11)8-6-7-13(2,3)12(16)17/h11H,6-10H2,1-5H3,(H,16,17). The Bertz CT molecular complexity index is 299. The van der Waals surface area contributed by atoms with E-state index in [9.17, 15) is 4.79 Å². The summed E-state index contributed by atoms with van der Waals surface area (Å²) in [6.45, 7) is 12.7. The van der Waals surface area contributed by atoms with Gasteiger partial charge in [-0.05, 0) is 54.0 Å². The van der Waals surface area contributed by atoms with Crippen molar-refractivity contribution >= 4 is 5.97 Å². The molecule has 4 nitrogen and oxygen atoms in total. The topological polar surface area (TPSA) is 49.8 Å². The zero-order chi connectivity index (χ0) is 14.0. The number of ether oxygens (including phenoxy) is 1. The molecule has 0 radical (unpaired) electrons. The summed E-state index contributed by atoms with van der Waals surface area (Å²) in [5.74, 6) is -0.710. The molecule has 0 aromatic carbocycles. The van der Waals surface area contributed by atoms with Gasteiger partial charge in [-0.1, -0.05) is 0 Å². The number of hydrogen-bond donors (Lipinski definition) is 1. The van der Waals surface area contributed by atoms with E-state index in [-0.39, 0.29) is 11.7 Å². The van der Waals surface area contributed by atoms with Crippen molar-refractivity contribution in [2.45, 2.75) is 59.2 Å². The van der Waals surface area contributed by atoms with E-state index in [1.807, 2.05) is 0 Å². The summed E-state index contributed by atoms with van der Waals surface area (Å²) in [7, 11) is 0. The van der Waals surface area contributed by atoms with Crippen LogP contribution in [0, 0.1) is 5.41 Å². The Morgan fingerprint density at radius 2 is 2.11 bits per heavy atom. The quantitative estimate of drug-likeness (QED) is 0.821. The van der Waals surface area contributed by atoms with E-state index in [0.29, 0.717) is 6.42 Å². The van der Waals surface area contributed by atoms with Gasteiger partial charge in [0.05, 0.1) is 17.1 Å². The Morgan fingerprint density at radius 3 is 2.61 bits per heavy atom. The average Bonchev–Trinajstić information content (AvgIpc) is 2.13. The number of nitrogens with zero attached hydrogens (tertiary/aromatic N) is 1. The Morgan fingerprint density at radius 1 is 1.50 bits per heavy atom. The SMILES string of the molecule is CC1CN(CCCC(C)(C)C(=O)O)CC(C)(C)O1. The molecule has 0 aromatic heterocycles. The van der Waals surface area contributed by atoms with Crippen LogP contribution in [0.2, 0.25) is 0 Å². The van der Waals surface area contributed by atoms with E-state index in [1.54, 1.807) is 13.8 Å². The highest BCUT2D eigenvalue weighted by Gasteiger charge is 2.32. The predicted octanol–water partition coefficient (Wildman–Crippen LogP) is 2.38. The fourth-order valence-corrected chi connectivity index (χ4v) is 2.61. The highest BCUT2D eigenvalue weighted by molar-refractivity contribution is 5.73. The Balaban J connectivity index is 2.38. The first-order chi connectivity index (χ1) is 8.12.